The fraction of sp³-hybridized carbons (Fsp3) is 0.348. The van der Waals surface area contributed by atoms with Crippen LogP contribution in [0.25, 0.3) is 0 Å². The number of nitrogens with zero attached hydrogens (tertiary/aromatic N) is 2. The van der Waals surface area contributed by atoms with E-state index in [1.54, 1.807) is 31.4 Å². The molecule has 174 valence electrons. The van der Waals surface area contributed by atoms with Gasteiger partial charge in [-0.1, -0.05) is 12.1 Å². The van der Waals surface area contributed by atoms with Gasteiger partial charge in [0.1, 0.15) is 5.75 Å². The summed E-state index contributed by atoms with van der Waals surface area (Å²) in [4.78, 5) is 5.34. The molecule has 0 bridgehead atoms. The summed E-state index contributed by atoms with van der Waals surface area (Å²) >= 11 is 1.76. The molecule has 4 rings (SSSR count). The molecular weight excluding hydrogens is 469 g/mol. The van der Waals surface area contributed by atoms with Crippen molar-refractivity contribution in [2.75, 3.05) is 25.2 Å². The smallest absolute Gasteiger partial charge is 0.187 e. The van der Waals surface area contributed by atoms with Gasteiger partial charge in [-0.3, -0.25) is 0 Å². The van der Waals surface area contributed by atoms with Gasteiger partial charge in [0.2, 0.25) is 0 Å². The van der Waals surface area contributed by atoms with E-state index in [1.165, 1.54) is 10.5 Å². The average Bonchev–Trinajstić information content (AvgIpc) is 3.43. The minimum atomic E-state index is -0.660. The molecule has 1 aliphatic rings. The zero-order valence-corrected chi connectivity index (χ0v) is 20.3. The predicted octanol–water partition coefficient (Wildman–Crippen LogP) is 4.85. The fourth-order valence-electron chi connectivity index (χ4n) is 3.53. The molecule has 0 saturated carbocycles. The van der Waals surface area contributed by atoms with Gasteiger partial charge < -0.3 is 24.5 Å². The highest BCUT2D eigenvalue weighted by molar-refractivity contribution is 7.99. The number of nitrogen functional groups attached to an aromatic ring is 1. The number of methoxy groups -OCH3 is 1. The Bertz CT molecular complexity index is 927. The second-order valence-corrected chi connectivity index (χ2v) is 8.52. The lowest BCUT2D eigenvalue weighted by Gasteiger charge is -2.28. The Morgan fingerprint density at radius 2 is 1.91 bits per heavy atom. The Kier molecular flexibility index (Phi) is 10.2. The zero-order chi connectivity index (χ0) is 20.8. The molecule has 1 aromatic heterocycles. The summed E-state index contributed by atoms with van der Waals surface area (Å²) in [7, 11) is 1.68. The highest BCUT2D eigenvalue weighted by Gasteiger charge is 2.41. The summed E-state index contributed by atoms with van der Waals surface area (Å²) in [5, 5.41) is 0. The molecule has 6 nitrogen and oxygen atoms in total. The number of hydrogen-bond donors (Lipinski definition) is 1. The van der Waals surface area contributed by atoms with Crippen LogP contribution in [0.4, 0.5) is 5.69 Å². The van der Waals surface area contributed by atoms with Gasteiger partial charge >= 0.3 is 0 Å². The van der Waals surface area contributed by atoms with Gasteiger partial charge in [0.25, 0.3) is 0 Å². The molecular formula is C23H29Cl2N3O3S. The number of aryl methyl sites for hydroxylation is 1. The van der Waals surface area contributed by atoms with E-state index < -0.39 is 5.79 Å². The molecule has 1 fully saturated rings. The van der Waals surface area contributed by atoms with Gasteiger partial charge in [0, 0.05) is 35.2 Å². The molecule has 0 radical (unpaired) electrons. The number of benzene rings is 2. The van der Waals surface area contributed by atoms with Crippen molar-refractivity contribution in [2.45, 2.75) is 36.2 Å². The molecule has 2 N–H and O–H groups in total. The van der Waals surface area contributed by atoms with E-state index in [9.17, 15) is 0 Å². The Hall–Kier alpha value is -1.90. The van der Waals surface area contributed by atoms with Crippen molar-refractivity contribution in [2.24, 2.45) is 0 Å². The Morgan fingerprint density at radius 1 is 1.16 bits per heavy atom. The van der Waals surface area contributed by atoms with Gasteiger partial charge in [0.15, 0.2) is 5.79 Å². The predicted molar refractivity (Wildman–Crippen MR) is 133 cm³/mol. The quantitative estimate of drug-likeness (QED) is 0.336. The largest absolute Gasteiger partial charge is 0.497 e. The Balaban J connectivity index is 0.00000181. The van der Waals surface area contributed by atoms with E-state index in [2.05, 4.69) is 17.1 Å². The van der Waals surface area contributed by atoms with Crippen molar-refractivity contribution < 1.29 is 14.2 Å². The number of nitrogens with two attached hydrogens (primary N) is 1. The fourth-order valence-corrected chi connectivity index (χ4v) is 4.40. The van der Waals surface area contributed by atoms with Crippen LogP contribution in [0, 0.1) is 0 Å². The van der Waals surface area contributed by atoms with Crippen molar-refractivity contribution >= 4 is 42.3 Å². The number of rotatable bonds is 9. The third kappa shape index (κ3) is 7.05. The van der Waals surface area contributed by atoms with E-state index in [0.29, 0.717) is 13.2 Å². The van der Waals surface area contributed by atoms with Crippen LogP contribution in [0.1, 0.15) is 12.0 Å². The maximum absolute atomic E-state index is 6.49. The first-order chi connectivity index (χ1) is 14.6. The molecule has 3 aromatic rings. The molecule has 2 atom stereocenters. The standard InChI is InChI=1S/C23H27N3O3S.2ClH/c1-27-20-6-2-18(3-7-20)10-11-23(16-26-13-12-25-17-26)28-14-21(29-23)15-30-22-8-4-19(24)5-9-22;;/h2-9,12-13,17,21H,10-11,14-16,24H2,1H3;2*1H/t21-,23-;;/m0../s1. The summed E-state index contributed by atoms with van der Waals surface area (Å²) in [5.74, 6) is 1.03. The normalized spacial score (nSPS) is 19.7. The molecule has 0 spiro atoms. The van der Waals surface area contributed by atoms with Gasteiger partial charge in [-0.2, -0.15) is 0 Å². The van der Waals surface area contributed by atoms with Crippen LogP contribution in [-0.2, 0) is 22.4 Å². The minimum Gasteiger partial charge on any atom is -0.497 e. The van der Waals surface area contributed by atoms with Crippen molar-refractivity contribution in [1.29, 1.82) is 0 Å². The van der Waals surface area contributed by atoms with Crippen molar-refractivity contribution in [1.82, 2.24) is 9.55 Å². The monoisotopic (exact) mass is 497 g/mol. The summed E-state index contributed by atoms with van der Waals surface area (Å²) in [5.41, 5.74) is 7.78. The van der Waals surface area contributed by atoms with Crippen LogP contribution < -0.4 is 10.5 Å². The van der Waals surface area contributed by atoms with Gasteiger partial charge in [-0.15, -0.1) is 36.6 Å². The number of aromatic nitrogens is 2. The van der Waals surface area contributed by atoms with Crippen molar-refractivity contribution in [3.63, 3.8) is 0 Å². The highest BCUT2D eigenvalue weighted by Crippen LogP contribution is 2.33. The second-order valence-electron chi connectivity index (χ2n) is 7.42. The van der Waals surface area contributed by atoms with Crippen LogP contribution in [0.3, 0.4) is 0 Å². The second kappa shape index (κ2) is 12.4. The molecule has 0 amide bonds. The van der Waals surface area contributed by atoms with E-state index >= 15 is 0 Å². The average molecular weight is 498 g/mol. The first-order valence-corrected chi connectivity index (χ1v) is 11.0. The first kappa shape index (κ1) is 26.4. The lowest BCUT2D eigenvalue weighted by Crippen LogP contribution is -2.37. The third-order valence-corrected chi connectivity index (χ3v) is 6.31. The number of thioether (sulfide) groups is 1. The van der Waals surface area contributed by atoms with E-state index in [0.717, 1.165) is 30.0 Å². The van der Waals surface area contributed by atoms with E-state index in [4.69, 9.17) is 19.9 Å². The molecule has 2 aromatic carbocycles. The summed E-state index contributed by atoms with van der Waals surface area (Å²) in [6.07, 6.45) is 7.18. The Morgan fingerprint density at radius 3 is 2.56 bits per heavy atom. The van der Waals surface area contributed by atoms with Crippen LogP contribution in [0.5, 0.6) is 5.75 Å². The maximum atomic E-state index is 6.49. The van der Waals surface area contributed by atoms with Crippen LogP contribution in [0.2, 0.25) is 0 Å². The molecule has 32 heavy (non-hydrogen) atoms. The molecule has 9 heteroatoms. The number of ether oxygens (including phenoxy) is 3. The maximum Gasteiger partial charge on any atom is 0.187 e. The number of anilines is 1. The van der Waals surface area contributed by atoms with Gasteiger partial charge in [0.05, 0.1) is 32.7 Å². The molecule has 2 heterocycles. The van der Waals surface area contributed by atoms with Gasteiger partial charge in [-0.05, 0) is 48.4 Å². The molecule has 1 aliphatic heterocycles. The molecule has 1 saturated heterocycles. The summed E-state index contributed by atoms with van der Waals surface area (Å²) in [6.45, 7) is 1.20. The van der Waals surface area contributed by atoms with Gasteiger partial charge in [-0.25, -0.2) is 4.98 Å². The summed E-state index contributed by atoms with van der Waals surface area (Å²) < 4.78 is 20.0. The van der Waals surface area contributed by atoms with Crippen LogP contribution in [0.15, 0.2) is 72.1 Å². The molecule has 0 unspecified atom stereocenters. The van der Waals surface area contributed by atoms with Crippen LogP contribution >= 0.6 is 36.6 Å². The van der Waals surface area contributed by atoms with Crippen molar-refractivity contribution in [3.05, 3.63) is 72.8 Å². The number of hydrogen-bond acceptors (Lipinski definition) is 6. The number of halogens is 2. The zero-order valence-electron chi connectivity index (χ0n) is 17.9. The SMILES string of the molecule is COc1ccc(CC[C@]2(Cn3ccnc3)OC[C@@H](CSc3ccc(N)cc3)O2)cc1.Cl.Cl. The molecule has 0 aliphatic carbocycles. The van der Waals surface area contributed by atoms with E-state index in [1.807, 2.05) is 47.2 Å². The Labute approximate surface area is 205 Å². The highest BCUT2D eigenvalue weighted by atomic mass is 35.5. The third-order valence-electron chi connectivity index (χ3n) is 5.17. The van der Waals surface area contributed by atoms with Crippen molar-refractivity contribution in [3.8, 4) is 5.75 Å². The minimum absolute atomic E-state index is 0. The lowest BCUT2D eigenvalue weighted by atomic mass is 10.0. The lowest BCUT2D eigenvalue weighted by molar-refractivity contribution is -0.180. The summed E-state index contributed by atoms with van der Waals surface area (Å²) in [6, 6.07) is 16.1. The number of imidazole rings is 1. The van der Waals surface area contributed by atoms with E-state index in [-0.39, 0.29) is 30.9 Å². The topological polar surface area (TPSA) is 71.5 Å². The van der Waals surface area contributed by atoms with Crippen LogP contribution in [-0.4, -0.2) is 40.9 Å². The first-order valence-electron chi connectivity index (χ1n) is 10.0.